The van der Waals surface area contributed by atoms with Gasteiger partial charge in [-0.1, -0.05) is 47.0 Å². The topological polar surface area (TPSA) is 92.3 Å². The SMILES string of the molecule is CCCCCc1nnc(NC(=O)CCCN2C(=O)c3ccc(Br)cc3C2=O)s1. The quantitative estimate of drug-likeness (QED) is 0.446. The molecule has 0 fully saturated rings. The second-order valence-corrected chi connectivity index (χ2v) is 8.54. The first-order chi connectivity index (χ1) is 13.5. The van der Waals surface area contributed by atoms with E-state index in [1.807, 2.05) is 0 Å². The molecule has 1 aromatic heterocycles. The molecule has 1 N–H and O–H groups in total. The van der Waals surface area contributed by atoms with E-state index in [0.29, 0.717) is 22.7 Å². The normalized spacial score (nSPS) is 13.1. The fraction of sp³-hybridized carbons (Fsp3) is 0.421. The zero-order valence-electron chi connectivity index (χ0n) is 15.5. The molecule has 2 aromatic rings. The van der Waals surface area contributed by atoms with E-state index in [1.165, 1.54) is 16.2 Å². The Morgan fingerprint density at radius 2 is 1.93 bits per heavy atom. The predicted octanol–water partition coefficient (Wildman–Crippen LogP) is 4.05. The molecule has 0 radical (unpaired) electrons. The molecule has 3 rings (SSSR count). The Morgan fingerprint density at radius 1 is 1.14 bits per heavy atom. The van der Waals surface area contributed by atoms with Crippen LogP contribution in [0.1, 0.15) is 64.8 Å². The minimum Gasteiger partial charge on any atom is -0.301 e. The van der Waals surface area contributed by atoms with Crippen LogP contribution in [0.4, 0.5) is 5.13 Å². The Morgan fingerprint density at radius 3 is 2.71 bits per heavy atom. The molecule has 0 saturated carbocycles. The monoisotopic (exact) mass is 464 g/mol. The zero-order chi connectivity index (χ0) is 20.1. The highest BCUT2D eigenvalue weighted by Gasteiger charge is 2.35. The predicted molar refractivity (Wildman–Crippen MR) is 111 cm³/mol. The van der Waals surface area contributed by atoms with Gasteiger partial charge in [-0.05, 0) is 31.0 Å². The molecule has 9 heteroatoms. The number of imide groups is 1. The number of carbonyl (C=O) groups is 3. The number of aromatic nitrogens is 2. The molecule has 0 unspecified atom stereocenters. The highest BCUT2D eigenvalue weighted by molar-refractivity contribution is 9.10. The molecule has 2 heterocycles. The standard InChI is InChI=1S/C19H21BrN4O3S/c1-2-3-4-7-16-22-23-19(28-16)21-15(25)6-5-10-24-17(26)13-9-8-12(20)11-14(13)18(24)27/h8-9,11H,2-7,10H2,1H3,(H,21,23,25). The van der Waals surface area contributed by atoms with Gasteiger partial charge in [-0.15, -0.1) is 10.2 Å². The lowest BCUT2D eigenvalue weighted by molar-refractivity contribution is -0.116. The molecule has 148 valence electrons. The molecule has 0 atom stereocenters. The van der Waals surface area contributed by atoms with Crippen molar-refractivity contribution in [2.24, 2.45) is 0 Å². The van der Waals surface area contributed by atoms with Crippen molar-refractivity contribution in [1.82, 2.24) is 15.1 Å². The minimum atomic E-state index is -0.317. The van der Waals surface area contributed by atoms with Crippen LogP contribution in [-0.2, 0) is 11.2 Å². The molecule has 1 aromatic carbocycles. The number of benzene rings is 1. The van der Waals surface area contributed by atoms with Crippen molar-refractivity contribution in [1.29, 1.82) is 0 Å². The van der Waals surface area contributed by atoms with Crippen LogP contribution in [0.3, 0.4) is 0 Å². The molecule has 3 amide bonds. The fourth-order valence-electron chi connectivity index (χ4n) is 2.98. The van der Waals surface area contributed by atoms with Gasteiger partial charge in [0.1, 0.15) is 5.01 Å². The van der Waals surface area contributed by atoms with Gasteiger partial charge in [0.25, 0.3) is 11.8 Å². The summed E-state index contributed by atoms with van der Waals surface area (Å²) in [5.74, 6) is -0.827. The van der Waals surface area contributed by atoms with Crippen LogP contribution in [0, 0.1) is 0 Å². The number of rotatable bonds is 9. The lowest BCUT2D eigenvalue weighted by atomic mass is 10.1. The Hall–Kier alpha value is -2.13. The molecule has 0 spiro atoms. The van der Waals surface area contributed by atoms with E-state index in [2.05, 4.69) is 38.4 Å². The summed E-state index contributed by atoms with van der Waals surface area (Å²) >= 11 is 4.70. The number of nitrogens with one attached hydrogen (secondary N) is 1. The van der Waals surface area contributed by atoms with Crippen molar-refractivity contribution < 1.29 is 14.4 Å². The number of hydrogen-bond donors (Lipinski definition) is 1. The molecule has 7 nitrogen and oxygen atoms in total. The zero-order valence-corrected chi connectivity index (χ0v) is 17.9. The third-order valence-corrected chi connectivity index (χ3v) is 5.82. The summed E-state index contributed by atoms with van der Waals surface area (Å²) in [4.78, 5) is 38.1. The van der Waals surface area contributed by atoms with Gasteiger partial charge in [-0.25, -0.2) is 0 Å². The number of anilines is 1. The van der Waals surface area contributed by atoms with Crippen molar-refractivity contribution in [2.75, 3.05) is 11.9 Å². The lowest BCUT2D eigenvalue weighted by Crippen LogP contribution is -2.31. The maximum atomic E-state index is 12.4. The molecule has 0 bridgehead atoms. The van der Waals surface area contributed by atoms with Gasteiger partial charge in [0.15, 0.2) is 0 Å². The number of aryl methyl sites for hydroxylation is 1. The molecule has 28 heavy (non-hydrogen) atoms. The average molecular weight is 465 g/mol. The van der Waals surface area contributed by atoms with Crippen molar-refractivity contribution in [3.05, 3.63) is 38.8 Å². The largest absolute Gasteiger partial charge is 0.301 e. The molecule has 1 aliphatic heterocycles. The Bertz CT molecular complexity index is 899. The fourth-order valence-corrected chi connectivity index (χ4v) is 4.14. The first kappa shape index (κ1) is 20.6. The van der Waals surface area contributed by atoms with Crippen molar-refractivity contribution in [3.8, 4) is 0 Å². The van der Waals surface area contributed by atoms with Crippen LogP contribution in [-0.4, -0.2) is 39.4 Å². The number of hydrogen-bond acceptors (Lipinski definition) is 6. The Labute approximate surface area is 175 Å². The molecule has 1 aliphatic rings. The maximum absolute atomic E-state index is 12.4. The van der Waals surface area contributed by atoms with E-state index < -0.39 is 0 Å². The van der Waals surface area contributed by atoms with Crippen molar-refractivity contribution in [2.45, 2.75) is 45.4 Å². The summed E-state index contributed by atoms with van der Waals surface area (Å²) in [6.07, 6.45) is 4.82. The molecular weight excluding hydrogens is 444 g/mol. The van der Waals surface area contributed by atoms with Crippen LogP contribution >= 0.6 is 27.3 Å². The average Bonchev–Trinajstić information content (AvgIpc) is 3.20. The van der Waals surface area contributed by atoms with Gasteiger partial charge >= 0.3 is 0 Å². The maximum Gasteiger partial charge on any atom is 0.261 e. The highest BCUT2D eigenvalue weighted by Crippen LogP contribution is 2.26. The number of carbonyl (C=O) groups excluding carboxylic acids is 3. The second-order valence-electron chi connectivity index (χ2n) is 6.56. The van der Waals surface area contributed by atoms with E-state index in [-0.39, 0.29) is 30.7 Å². The number of fused-ring (bicyclic) bond motifs is 1. The number of amides is 3. The first-order valence-electron chi connectivity index (χ1n) is 9.27. The van der Waals surface area contributed by atoms with Crippen LogP contribution in [0.15, 0.2) is 22.7 Å². The van der Waals surface area contributed by atoms with Crippen LogP contribution in [0.25, 0.3) is 0 Å². The van der Waals surface area contributed by atoms with Crippen molar-refractivity contribution in [3.63, 3.8) is 0 Å². The van der Waals surface area contributed by atoms with Gasteiger partial charge in [0.2, 0.25) is 11.0 Å². The summed E-state index contributed by atoms with van der Waals surface area (Å²) in [6, 6.07) is 5.02. The third-order valence-electron chi connectivity index (χ3n) is 4.43. The van der Waals surface area contributed by atoms with Gasteiger partial charge in [-0.2, -0.15) is 0 Å². The highest BCUT2D eigenvalue weighted by atomic mass is 79.9. The van der Waals surface area contributed by atoms with E-state index in [4.69, 9.17) is 0 Å². The second kappa shape index (κ2) is 9.38. The van der Waals surface area contributed by atoms with Gasteiger partial charge in [-0.3, -0.25) is 19.3 Å². The molecule has 0 aliphatic carbocycles. The van der Waals surface area contributed by atoms with E-state index in [9.17, 15) is 14.4 Å². The van der Waals surface area contributed by atoms with E-state index in [0.717, 1.165) is 35.2 Å². The smallest absolute Gasteiger partial charge is 0.261 e. The van der Waals surface area contributed by atoms with E-state index in [1.54, 1.807) is 18.2 Å². The summed E-state index contributed by atoms with van der Waals surface area (Å²) in [5.41, 5.74) is 0.801. The first-order valence-corrected chi connectivity index (χ1v) is 10.9. The van der Waals surface area contributed by atoms with E-state index >= 15 is 0 Å². The number of nitrogens with zero attached hydrogens (tertiary/aromatic N) is 3. The van der Waals surface area contributed by atoms with Gasteiger partial charge in [0.05, 0.1) is 11.1 Å². The molecule has 0 saturated heterocycles. The van der Waals surface area contributed by atoms with Crippen molar-refractivity contribution >= 4 is 50.1 Å². The van der Waals surface area contributed by atoms with Crippen LogP contribution in [0.5, 0.6) is 0 Å². The summed E-state index contributed by atoms with van der Waals surface area (Å²) < 4.78 is 0.750. The number of halogens is 1. The van der Waals surface area contributed by atoms with Crippen LogP contribution in [0.2, 0.25) is 0 Å². The Kier molecular flexibility index (Phi) is 6.90. The minimum absolute atomic E-state index is 0.196. The third kappa shape index (κ3) is 4.82. The Balaban J connectivity index is 1.46. The van der Waals surface area contributed by atoms with Crippen LogP contribution < -0.4 is 5.32 Å². The van der Waals surface area contributed by atoms with Gasteiger partial charge < -0.3 is 5.32 Å². The summed E-state index contributed by atoms with van der Waals surface area (Å²) in [7, 11) is 0. The van der Waals surface area contributed by atoms with Gasteiger partial charge in [0, 0.05) is 23.9 Å². The molecular formula is C19H21BrN4O3S. The summed E-state index contributed by atoms with van der Waals surface area (Å²) in [6.45, 7) is 2.35. The number of unbranched alkanes of at least 4 members (excludes halogenated alkanes) is 2. The summed E-state index contributed by atoms with van der Waals surface area (Å²) in [5, 5.41) is 12.2. The lowest BCUT2D eigenvalue weighted by Gasteiger charge is -2.13.